The molecule has 1 atom stereocenters. The van der Waals surface area contributed by atoms with E-state index >= 15 is 0 Å². The fraction of sp³-hybridized carbons (Fsp3) is 0.125. The van der Waals surface area contributed by atoms with Crippen LogP contribution >= 0.6 is 0 Å². The molecule has 84 valence electrons. The van der Waals surface area contributed by atoms with Crippen LogP contribution in [0, 0.1) is 0 Å². The highest BCUT2D eigenvalue weighted by atomic mass is 32.2. The van der Waals surface area contributed by atoms with Gasteiger partial charge in [0.15, 0.2) is 0 Å². The van der Waals surface area contributed by atoms with Crippen molar-refractivity contribution in [1.82, 2.24) is 0 Å². The molecular formula is C8H10NO5S-. The molecule has 0 saturated carbocycles. The highest BCUT2D eigenvalue weighted by Gasteiger charge is 2.06. The number of para-hydroxylation sites is 1. The summed E-state index contributed by atoms with van der Waals surface area (Å²) in [5, 5.41) is 0. The van der Waals surface area contributed by atoms with Crippen molar-refractivity contribution in [1.29, 1.82) is 0 Å². The molecule has 0 heterocycles. The summed E-state index contributed by atoms with van der Waals surface area (Å²) in [5.41, 5.74) is 6.35. The monoisotopic (exact) mass is 232 g/mol. The number of benzene rings is 1. The van der Waals surface area contributed by atoms with Gasteiger partial charge in [-0.3, -0.25) is 0 Å². The predicted octanol–water partition coefficient (Wildman–Crippen LogP) is 0.394. The molecule has 0 aliphatic carbocycles. The maximum Gasteiger partial charge on any atom is 0.339 e. The van der Waals surface area contributed by atoms with Crippen LogP contribution in [0.25, 0.3) is 0 Å². The second kappa shape index (κ2) is 6.93. The van der Waals surface area contributed by atoms with Gasteiger partial charge < -0.3 is 19.6 Å². The Labute approximate surface area is 89.2 Å². The smallest absolute Gasteiger partial charge is 0.339 e. The molecule has 3 N–H and O–H groups in total. The first kappa shape index (κ1) is 13.6. The van der Waals surface area contributed by atoms with Crippen molar-refractivity contribution >= 4 is 23.0 Å². The first-order chi connectivity index (χ1) is 6.99. The number of anilines is 1. The predicted molar refractivity (Wildman–Crippen MR) is 53.7 cm³/mol. The van der Waals surface area contributed by atoms with E-state index in [1.807, 2.05) is 0 Å². The van der Waals surface area contributed by atoms with Gasteiger partial charge in [-0.2, -0.15) is 0 Å². The molecule has 1 unspecified atom stereocenters. The molecule has 0 amide bonds. The lowest BCUT2D eigenvalue weighted by atomic mass is 10.2. The summed E-state index contributed by atoms with van der Waals surface area (Å²) in [4.78, 5) is 10.9. The van der Waals surface area contributed by atoms with Gasteiger partial charge >= 0.3 is 5.97 Å². The first-order valence-corrected chi connectivity index (χ1v) is 4.73. The molecule has 6 nitrogen and oxygen atoms in total. The molecule has 0 aliphatic heterocycles. The maximum absolute atomic E-state index is 10.9. The number of esters is 1. The lowest BCUT2D eigenvalue weighted by Gasteiger charge is -2.00. The Morgan fingerprint density at radius 2 is 2.00 bits per heavy atom. The Morgan fingerprint density at radius 3 is 2.40 bits per heavy atom. The number of ether oxygens (including phenoxy) is 1. The summed E-state index contributed by atoms with van der Waals surface area (Å²) >= 11 is -2.86. The summed E-state index contributed by atoms with van der Waals surface area (Å²) in [5.74, 6) is -0.400. The lowest BCUT2D eigenvalue weighted by Crippen LogP contribution is -2.04. The molecule has 15 heavy (non-hydrogen) atoms. The third-order valence-corrected chi connectivity index (χ3v) is 1.37. The molecule has 0 radical (unpaired) electrons. The van der Waals surface area contributed by atoms with Crippen LogP contribution in [0.3, 0.4) is 0 Å². The average Bonchev–Trinajstić information content (AvgIpc) is 2.16. The molecule has 0 aliphatic rings. The van der Waals surface area contributed by atoms with E-state index in [0.717, 1.165) is 0 Å². The minimum Gasteiger partial charge on any atom is -0.750 e. The largest absolute Gasteiger partial charge is 0.750 e. The zero-order valence-corrected chi connectivity index (χ0v) is 8.69. The molecule has 1 aromatic carbocycles. The zero-order chi connectivity index (χ0) is 11.8. The van der Waals surface area contributed by atoms with Crippen LogP contribution in [0.4, 0.5) is 5.69 Å². The SMILES string of the molecule is COC(=O)c1ccccc1N.O=S([O-])O. The normalized spacial score (nSPS) is 10.9. The number of carbonyl (C=O) groups excluding carboxylic acids is 1. The number of methoxy groups -OCH3 is 1. The number of rotatable bonds is 1. The second-order valence-electron chi connectivity index (χ2n) is 2.30. The van der Waals surface area contributed by atoms with E-state index in [0.29, 0.717) is 11.3 Å². The van der Waals surface area contributed by atoms with Gasteiger partial charge in [0.05, 0.1) is 24.0 Å². The van der Waals surface area contributed by atoms with E-state index in [1.165, 1.54) is 7.11 Å². The quantitative estimate of drug-likeness (QED) is 0.411. The number of nitrogens with two attached hydrogens (primary N) is 1. The van der Waals surface area contributed by atoms with Crippen LogP contribution in [0.15, 0.2) is 24.3 Å². The fourth-order valence-electron chi connectivity index (χ4n) is 0.793. The lowest BCUT2D eigenvalue weighted by molar-refractivity contribution is 0.0602. The minimum absolute atomic E-state index is 0.400. The molecule has 0 saturated heterocycles. The van der Waals surface area contributed by atoms with Gasteiger partial charge in [0.1, 0.15) is 0 Å². The van der Waals surface area contributed by atoms with E-state index in [-0.39, 0.29) is 0 Å². The van der Waals surface area contributed by atoms with E-state index in [4.69, 9.17) is 19.0 Å². The number of hydrogen-bond acceptors (Lipinski definition) is 5. The van der Waals surface area contributed by atoms with Gasteiger partial charge in [0.25, 0.3) is 0 Å². The van der Waals surface area contributed by atoms with Crippen molar-refractivity contribution in [3.8, 4) is 0 Å². The Bertz CT molecular complexity index is 351. The van der Waals surface area contributed by atoms with E-state index < -0.39 is 17.3 Å². The van der Waals surface area contributed by atoms with Crippen molar-refractivity contribution in [2.24, 2.45) is 0 Å². The summed E-state index contributed by atoms with van der Waals surface area (Å²) in [6.45, 7) is 0. The number of carbonyl (C=O) groups is 1. The Balaban J connectivity index is 0.000000423. The molecule has 0 spiro atoms. The fourth-order valence-corrected chi connectivity index (χ4v) is 0.793. The summed E-state index contributed by atoms with van der Waals surface area (Å²) in [7, 11) is 1.33. The van der Waals surface area contributed by atoms with Crippen LogP contribution in [0.2, 0.25) is 0 Å². The minimum atomic E-state index is -2.86. The summed E-state index contributed by atoms with van der Waals surface area (Å²) in [6.07, 6.45) is 0. The van der Waals surface area contributed by atoms with Crippen LogP contribution in [0.5, 0.6) is 0 Å². The Hall–Kier alpha value is -1.44. The molecule has 0 aromatic heterocycles. The standard InChI is InChI=1S/C8H9NO2.H2O3S/c1-11-8(10)6-4-2-3-5-7(6)9;1-4(2)3/h2-5H,9H2,1H3;(H2,1,2,3)/p-1. The first-order valence-electron chi connectivity index (χ1n) is 3.70. The van der Waals surface area contributed by atoms with Crippen molar-refractivity contribution in [2.75, 3.05) is 12.8 Å². The van der Waals surface area contributed by atoms with Crippen LogP contribution in [0.1, 0.15) is 10.4 Å². The van der Waals surface area contributed by atoms with Gasteiger partial charge in [0, 0.05) is 5.69 Å². The molecule has 0 fully saturated rings. The van der Waals surface area contributed by atoms with Crippen LogP contribution < -0.4 is 5.73 Å². The molecule has 1 rings (SSSR count). The van der Waals surface area contributed by atoms with Crippen molar-refractivity contribution in [3.63, 3.8) is 0 Å². The average molecular weight is 232 g/mol. The molecular weight excluding hydrogens is 222 g/mol. The van der Waals surface area contributed by atoms with Gasteiger partial charge in [-0.05, 0) is 12.1 Å². The Kier molecular flexibility index (Phi) is 6.27. The highest BCUT2D eigenvalue weighted by molar-refractivity contribution is 7.73. The van der Waals surface area contributed by atoms with Gasteiger partial charge in [0.2, 0.25) is 0 Å². The number of nitrogen functional groups attached to an aromatic ring is 1. The van der Waals surface area contributed by atoms with E-state index in [1.54, 1.807) is 24.3 Å². The van der Waals surface area contributed by atoms with Crippen LogP contribution in [-0.2, 0) is 16.1 Å². The number of hydrogen-bond donors (Lipinski definition) is 2. The van der Waals surface area contributed by atoms with Gasteiger partial charge in [-0.15, -0.1) is 0 Å². The second-order valence-corrected chi connectivity index (χ2v) is 2.73. The third-order valence-electron chi connectivity index (χ3n) is 1.37. The van der Waals surface area contributed by atoms with Crippen molar-refractivity contribution in [3.05, 3.63) is 29.8 Å². The van der Waals surface area contributed by atoms with E-state index in [2.05, 4.69) is 4.74 Å². The molecule has 1 aromatic rings. The topological polar surface area (TPSA) is 113 Å². The molecule has 7 heteroatoms. The summed E-state index contributed by atoms with van der Waals surface area (Å²) in [6, 6.07) is 6.79. The van der Waals surface area contributed by atoms with Crippen molar-refractivity contribution < 1.29 is 22.8 Å². The van der Waals surface area contributed by atoms with Gasteiger partial charge in [-0.25, -0.2) is 9.00 Å². The Morgan fingerprint density at radius 1 is 1.53 bits per heavy atom. The van der Waals surface area contributed by atoms with Crippen molar-refractivity contribution in [2.45, 2.75) is 0 Å². The third kappa shape index (κ3) is 5.78. The van der Waals surface area contributed by atoms with E-state index in [9.17, 15) is 4.79 Å². The summed E-state index contributed by atoms with van der Waals surface area (Å²) < 4.78 is 28.6. The van der Waals surface area contributed by atoms with Gasteiger partial charge in [-0.1, -0.05) is 12.1 Å². The van der Waals surface area contributed by atoms with Crippen LogP contribution in [-0.4, -0.2) is 26.4 Å². The zero-order valence-electron chi connectivity index (χ0n) is 7.88. The highest BCUT2D eigenvalue weighted by Crippen LogP contribution is 2.10. The maximum atomic E-state index is 10.9. The molecule has 0 bridgehead atoms.